The van der Waals surface area contributed by atoms with E-state index in [4.69, 9.17) is 5.11 Å². The lowest BCUT2D eigenvalue weighted by atomic mass is 10.3. The van der Waals surface area contributed by atoms with Crippen LogP contribution in [0.5, 0.6) is 0 Å². The van der Waals surface area contributed by atoms with Gasteiger partial charge in [0.05, 0.1) is 0 Å². The Kier molecular flexibility index (Phi) is 4.67. The maximum absolute atomic E-state index is 10.8. The Labute approximate surface area is 69.8 Å². The first-order valence-corrected chi connectivity index (χ1v) is 3.59. The predicted octanol–water partition coefficient (Wildman–Crippen LogP) is -0.445. The average Bonchev–Trinajstić information content (AvgIpc) is 2.00. The van der Waals surface area contributed by atoms with Crippen LogP contribution in [0.3, 0.4) is 0 Å². The lowest BCUT2D eigenvalue weighted by Gasteiger charge is -2.06. The first-order chi connectivity index (χ1) is 5.61. The topological polar surface area (TPSA) is 83.5 Å². The lowest BCUT2D eigenvalue weighted by molar-refractivity contribution is -0.143. The van der Waals surface area contributed by atoms with Crippen molar-refractivity contribution in [3.8, 4) is 0 Å². The Bertz CT molecular complexity index is 190. The number of carboxylic acid groups (broad SMARTS) is 1. The summed E-state index contributed by atoms with van der Waals surface area (Å²) in [5, 5.41) is 10.4. The molecule has 0 aromatic carbocycles. The highest BCUT2D eigenvalue weighted by Crippen LogP contribution is 1.87. The summed E-state index contributed by atoms with van der Waals surface area (Å²) in [4.78, 5) is 31.1. The molecule has 0 rings (SSSR count). The van der Waals surface area contributed by atoms with Crippen molar-refractivity contribution in [2.45, 2.75) is 25.8 Å². The molecule has 0 saturated heterocycles. The van der Waals surface area contributed by atoms with E-state index >= 15 is 0 Å². The van der Waals surface area contributed by atoms with E-state index in [1.54, 1.807) is 6.92 Å². The fourth-order valence-corrected chi connectivity index (χ4v) is 0.627. The number of rotatable bonds is 5. The minimum Gasteiger partial charge on any atom is -0.479 e. The Morgan fingerprint density at radius 1 is 1.58 bits per heavy atom. The van der Waals surface area contributed by atoms with Crippen molar-refractivity contribution in [1.29, 1.82) is 0 Å². The molecule has 5 nitrogen and oxygen atoms in total. The maximum atomic E-state index is 10.8. The van der Waals surface area contributed by atoms with Crippen LogP contribution in [0.25, 0.3) is 0 Å². The lowest BCUT2D eigenvalue weighted by Crippen LogP contribution is -2.41. The molecule has 0 aliphatic heterocycles. The Hall–Kier alpha value is -1.39. The number of hydrogen-bond acceptors (Lipinski definition) is 3. The van der Waals surface area contributed by atoms with Crippen LogP contribution in [-0.4, -0.2) is 29.3 Å². The molecule has 0 fully saturated rings. The van der Waals surface area contributed by atoms with E-state index in [9.17, 15) is 14.4 Å². The molecule has 0 aromatic rings. The number of carbonyl (C=O) groups excluding carboxylic acids is 2. The molecule has 0 aromatic heterocycles. The quantitative estimate of drug-likeness (QED) is 0.436. The molecule has 68 valence electrons. The highest BCUT2D eigenvalue weighted by Gasteiger charge is 2.17. The van der Waals surface area contributed by atoms with Crippen molar-refractivity contribution in [3.63, 3.8) is 0 Å². The summed E-state index contributed by atoms with van der Waals surface area (Å²) in [5.41, 5.74) is 0. The summed E-state index contributed by atoms with van der Waals surface area (Å²) in [6.07, 6.45) is 1.05. The molecular formula is C7H11NO4. The van der Waals surface area contributed by atoms with Crippen LogP contribution in [0.4, 0.5) is 0 Å². The van der Waals surface area contributed by atoms with Crippen molar-refractivity contribution in [3.05, 3.63) is 0 Å². The van der Waals surface area contributed by atoms with Crippen LogP contribution in [0.1, 0.15) is 19.8 Å². The molecule has 5 heteroatoms. The number of amides is 1. The Morgan fingerprint density at radius 3 is 2.50 bits per heavy atom. The van der Waals surface area contributed by atoms with Crippen LogP contribution in [0.15, 0.2) is 0 Å². The summed E-state index contributed by atoms with van der Waals surface area (Å²) < 4.78 is 0. The van der Waals surface area contributed by atoms with E-state index < -0.39 is 17.9 Å². The van der Waals surface area contributed by atoms with Crippen molar-refractivity contribution in [2.24, 2.45) is 0 Å². The smallest absolute Gasteiger partial charge is 0.333 e. The normalized spacial score (nSPS) is 11.8. The summed E-state index contributed by atoms with van der Waals surface area (Å²) in [6.45, 7) is 1.79. The van der Waals surface area contributed by atoms with Crippen molar-refractivity contribution < 1.29 is 19.5 Å². The van der Waals surface area contributed by atoms with Gasteiger partial charge >= 0.3 is 5.97 Å². The molecule has 0 heterocycles. The molecule has 0 bridgehead atoms. The van der Waals surface area contributed by atoms with E-state index in [1.165, 1.54) is 0 Å². The molecule has 0 saturated carbocycles. The van der Waals surface area contributed by atoms with Gasteiger partial charge < -0.3 is 15.2 Å². The number of carboxylic acids is 1. The Morgan fingerprint density at radius 2 is 2.17 bits per heavy atom. The van der Waals surface area contributed by atoms with E-state index in [0.29, 0.717) is 6.42 Å². The summed E-state index contributed by atoms with van der Waals surface area (Å²) in [6, 6.07) is -1.41. The van der Waals surface area contributed by atoms with Crippen LogP contribution in [0.2, 0.25) is 0 Å². The molecule has 1 amide bonds. The van der Waals surface area contributed by atoms with E-state index in [-0.39, 0.29) is 12.7 Å². The third kappa shape index (κ3) is 3.70. The van der Waals surface area contributed by atoms with E-state index in [1.807, 2.05) is 0 Å². The van der Waals surface area contributed by atoms with Gasteiger partial charge in [0.2, 0.25) is 5.91 Å². The van der Waals surface area contributed by atoms with Crippen molar-refractivity contribution >= 4 is 18.2 Å². The van der Waals surface area contributed by atoms with E-state index in [2.05, 4.69) is 5.32 Å². The van der Waals surface area contributed by atoms with Gasteiger partial charge in [-0.3, -0.25) is 4.79 Å². The van der Waals surface area contributed by atoms with Crippen LogP contribution < -0.4 is 5.32 Å². The molecule has 0 aliphatic carbocycles. The van der Waals surface area contributed by atoms with Gasteiger partial charge in [-0.05, 0) is 6.42 Å². The second-order valence-electron chi connectivity index (χ2n) is 2.27. The molecule has 0 aliphatic rings. The highest BCUT2D eigenvalue weighted by molar-refractivity contribution is 5.95. The summed E-state index contributed by atoms with van der Waals surface area (Å²) >= 11 is 0. The average molecular weight is 173 g/mol. The largest absolute Gasteiger partial charge is 0.479 e. The van der Waals surface area contributed by atoms with Gasteiger partial charge in [-0.15, -0.1) is 0 Å². The van der Waals surface area contributed by atoms with Gasteiger partial charge in [0.25, 0.3) is 0 Å². The van der Waals surface area contributed by atoms with Crippen LogP contribution in [0, 0.1) is 0 Å². The minimum atomic E-state index is -1.41. The summed E-state index contributed by atoms with van der Waals surface area (Å²) in [5.74, 6) is -1.76. The zero-order chi connectivity index (χ0) is 9.56. The first-order valence-electron chi connectivity index (χ1n) is 3.59. The number of hydrogen-bond donors (Lipinski definition) is 2. The van der Waals surface area contributed by atoms with Crippen LogP contribution >= 0.6 is 0 Å². The molecular weight excluding hydrogens is 162 g/mol. The SMILES string of the molecule is CCCC(=O)NC(C=O)C(=O)O. The van der Waals surface area contributed by atoms with E-state index in [0.717, 1.165) is 0 Å². The monoisotopic (exact) mass is 173 g/mol. The zero-order valence-electron chi connectivity index (χ0n) is 6.74. The predicted molar refractivity (Wildman–Crippen MR) is 40.5 cm³/mol. The maximum Gasteiger partial charge on any atom is 0.333 e. The second-order valence-corrected chi connectivity index (χ2v) is 2.27. The molecule has 12 heavy (non-hydrogen) atoms. The van der Waals surface area contributed by atoms with Gasteiger partial charge in [-0.25, -0.2) is 4.79 Å². The van der Waals surface area contributed by atoms with Gasteiger partial charge in [-0.1, -0.05) is 6.92 Å². The molecule has 1 unspecified atom stereocenters. The fraction of sp³-hybridized carbons (Fsp3) is 0.571. The van der Waals surface area contributed by atoms with Crippen LogP contribution in [-0.2, 0) is 14.4 Å². The highest BCUT2D eigenvalue weighted by atomic mass is 16.4. The van der Waals surface area contributed by atoms with Gasteiger partial charge in [0.1, 0.15) is 0 Å². The number of aliphatic carboxylic acids is 1. The minimum absolute atomic E-state index is 0.190. The third-order valence-corrected chi connectivity index (χ3v) is 1.20. The van der Waals surface area contributed by atoms with Gasteiger partial charge in [-0.2, -0.15) is 0 Å². The van der Waals surface area contributed by atoms with Crippen molar-refractivity contribution in [1.82, 2.24) is 5.32 Å². The number of nitrogens with one attached hydrogen (secondary N) is 1. The standard InChI is InChI=1S/C7H11NO4/c1-2-3-6(10)8-5(4-9)7(11)12/h4-5H,2-3H2,1H3,(H,8,10)(H,11,12). The van der Waals surface area contributed by atoms with Crippen molar-refractivity contribution in [2.75, 3.05) is 0 Å². The molecule has 1 atom stereocenters. The third-order valence-electron chi connectivity index (χ3n) is 1.20. The molecule has 0 radical (unpaired) electrons. The zero-order valence-corrected chi connectivity index (χ0v) is 6.74. The van der Waals surface area contributed by atoms with Gasteiger partial charge in [0, 0.05) is 6.42 Å². The van der Waals surface area contributed by atoms with Gasteiger partial charge in [0.15, 0.2) is 12.3 Å². The number of aldehydes is 1. The number of carbonyl (C=O) groups is 3. The Balaban J connectivity index is 3.94. The fourth-order valence-electron chi connectivity index (χ4n) is 0.627. The molecule has 2 N–H and O–H groups in total. The second kappa shape index (κ2) is 5.29. The molecule has 0 spiro atoms. The first kappa shape index (κ1) is 10.6. The summed E-state index contributed by atoms with van der Waals surface area (Å²) in [7, 11) is 0.